The van der Waals surface area contributed by atoms with Crippen LogP contribution >= 0.6 is 0 Å². The zero-order valence-electron chi connectivity index (χ0n) is 11.5. The zero-order valence-corrected chi connectivity index (χ0v) is 11.5. The first kappa shape index (κ1) is 13.5. The van der Waals surface area contributed by atoms with Crippen LogP contribution in [-0.4, -0.2) is 11.7 Å². The van der Waals surface area contributed by atoms with Crippen LogP contribution in [0.2, 0.25) is 0 Å². The highest BCUT2D eigenvalue weighted by Crippen LogP contribution is 2.36. The molecule has 4 heteroatoms. The van der Waals surface area contributed by atoms with Crippen molar-refractivity contribution in [3.63, 3.8) is 0 Å². The molecule has 1 N–H and O–H groups in total. The molecule has 2 aromatic carbocycles. The zero-order chi connectivity index (χ0) is 15.0. The van der Waals surface area contributed by atoms with Gasteiger partial charge < -0.3 is 5.32 Å². The molecule has 106 valence electrons. The van der Waals surface area contributed by atoms with Crippen molar-refractivity contribution < 1.29 is 14.0 Å². The maximum atomic E-state index is 12.9. The minimum absolute atomic E-state index is 0.00652. The number of carbonyl (C=O) groups is 2. The largest absolute Gasteiger partial charge is 0.326 e. The third-order valence-corrected chi connectivity index (χ3v) is 3.79. The van der Waals surface area contributed by atoms with Crippen LogP contribution in [0.25, 0.3) is 0 Å². The van der Waals surface area contributed by atoms with Crippen LogP contribution in [0, 0.1) is 12.7 Å². The Labute approximate surface area is 121 Å². The van der Waals surface area contributed by atoms with E-state index in [1.54, 1.807) is 6.07 Å². The molecule has 0 spiro atoms. The van der Waals surface area contributed by atoms with E-state index >= 15 is 0 Å². The highest BCUT2D eigenvalue weighted by molar-refractivity contribution is 6.09. The van der Waals surface area contributed by atoms with E-state index in [0.717, 1.165) is 11.1 Å². The lowest BCUT2D eigenvalue weighted by atomic mass is 9.96. The number of amides is 1. The number of halogens is 1. The molecule has 2 aromatic rings. The summed E-state index contributed by atoms with van der Waals surface area (Å²) < 4.78 is 12.9. The molecule has 1 atom stereocenters. The lowest BCUT2D eigenvalue weighted by Gasteiger charge is -2.13. The monoisotopic (exact) mass is 283 g/mol. The molecule has 1 aliphatic rings. The molecule has 0 bridgehead atoms. The fraction of sp³-hybridized carbons (Fsp3) is 0.176. The Morgan fingerprint density at radius 1 is 1.19 bits per heavy atom. The molecule has 21 heavy (non-hydrogen) atoms. The second-order valence-electron chi connectivity index (χ2n) is 5.21. The van der Waals surface area contributed by atoms with Crippen molar-refractivity contribution in [2.75, 3.05) is 5.32 Å². The Balaban J connectivity index is 1.87. The van der Waals surface area contributed by atoms with E-state index in [4.69, 9.17) is 0 Å². The highest BCUT2D eigenvalue weighted by atomic mass is 19.1. The third kappa shape index (κ3) is 2.44. The quantitative estimate of drug-likeness (QED) is 0.917. The number of nitrogens with one attached hydrogen (secondary N) is 1. The Hall–Kier alpha value is -2.49. The van der Waals surface area contributed by atoms with Gasteiger partial charge in [0.1, 0.15) is 5.82 Å². The summed E-state index contributed by atoms with van der Waals surface area (Å²) in [5.41, 5.74) is 2.91. The molecule has 0 saturated carbocycles. The summed E-state index contributed by atoms with van der Waals surface area (Å²) in [7, 11) is 0. The summed E-state index contributed by atoms with van der Waals surface area (Å²) in [6.45, 7) is 1.90. The number of benzene rings is 2. The van der Waals surface area contributed by atoms with E-state index in [9.17, 15) is 14.0 Å². The maximum absolute atomic E-state index is 12.9. The minimum Gasteiger partial charge on any atom is -0.326 e. The van der Waals surface area contributed by atoms with Crippen molar-refractivity contribution >= 4 is 17.4 Å². The fourth-order valence-corrected chi connectivity index (χ4v) is 2.77. The van der Waals surface area contributed by atoms with Gasteiger partial charge in [0.2, 0.25) is 5.91 Å². The van der Waals surface area contributed by atoms with E-state index in [2.05, 4.69) is 5.32 Å². The van der Waals surface area contributed by atoms with Crippen LogP contribution in [0.3, 0.4) is 0 Å². The average molecular weight is 283 g/mol. The molecule has 0 radical (unpaired) electrons. The second-order valence-corrected chi connectivity index (χ2v) is 5.21. The Morgan fingerprint density at radius 2 is 1.90 bits per heavy atom. The average Bonchev–Trinajstić information content (AvgIpc) is 2.80. The van der Waals surface area contributed by atoms with E-state index in [-0.39, 0.29) is 23.9 Å². The number of ketones is 1. The van der Waals surface area contributed by atoms with Crippen LogP contribution in [0.1, 0.15) is 33.8 Å². The van der Waals surface area contributed by atoms with Crippen LogP contribution < -0.4 is 5.32 Å². The van der Waals surface area contributed by atoms with E-state index in [0.29, 0.717) is 11.3 Å². The smallest absolute Gasteiger partial charge is 0.232 e. The van der Waals surface area contributed by atoms with Crippen LogP contribution in [0.15, 0.2) is 42.5 Å². The van der Waals surface area contributed by atoms with E-state index in [1.165, 1.54) is 24.3 Å². The molecular weight excluding hydrogens is 269 g/mol. The number of carbonyl (C=O) groups excluding carboxylic acids is 2. The van der Waals surface area contributed by atoms with Gasteiger partial charge in [-0.1, -0.05) is 18.2 Å². The number of Topliss-reactive ketones (excluding diaryl/α,β-unsaturated/α-hetero) is 1. The van der Waals surface area contributed by atoms with Gasteiger partial charge in [0.25, 0.3) is 0 Å². The van der Waals surface area contributed by atoms with Gasteiger partial charge in [0.15, 0.2) is 5.78 Å². The summed E-state index contributed by atoms with van der Waals surface area (Å²) in [5.74, 6) is -1.07. The molecule has 0 aromatic heterocycles. The first-order valence-corrected chi connectivity index (χ1v) is 6.75. The number of hydrogen-bond donors (Lipinski definition) is 1. The maximum Gasteiger partial charge on any atom is 0.232 e. The van der Waals surface area contributed by atoms with Gasteiger partial charge in [-0.3, -0.25) is 9.59 Å². The molecule has 0 aliphatic heterocycles. The summed E-state index contributed by atoms with van der Waals surface area (Å²) >= 11 is 0. The predicted molar refractivity (Wildman–Crippen MR) is 77.9 cm³/mol. The van der Waals surface area contributed by atoms with Gasteiger partial charge in [-0.25, -0.2) is 4.39 Å². The van der Waals surface area contributed by atoms with Gasteiger partial charge in [-0.2, -0.15) is 0 Å². The molecule has 0 fully saturated rings. The molecule has 3 nitrogen and oxygen atoms in total. The first-order valence-electron chi connectivity index (χ1n) is 6.75. The standard InChI is InChI=1S/C17H14FNO2/c1-10-3-2-4-13-15(20)9-14(16(10)13)17(21)19-12-7-5-11(18)6-8-12/h2-8,14H,9H2,1H3,(H,19,21). The SMILES string of the molecule is Cc1cccc2c1C(C(=O)Nc1ccc(F)cc1)CC2=O. The number of rotatable bonds is 2. The van der Waals surface area contributed by atoms with Crippen molar-refractivity contribution in [3.05, 3.63) is 65.0 Å². The highest BCUT2D eigenvalue weighted by Gasteiger charge is 2.35. The molecule has 1 unspecified atom stereocenters. The Kier molecular flexibility index (Phi) is 3.29. The topological polar surface area (TPSA) is 46.2 Å². The molecule has 0 saturated heterocycles. The normalized spacial score (nSPS) is 16.7. The number of fused-ring (bicyclic) bond motifs is 1. The van der Waals surface area contributed by atoms with Gasteiger partial charge in [0, 0.05) is 17.7 Å². The second kappa shape index (κ2) is 5.13. The van der Waals surface area contributed by atoms with Gasteiger partial charge in [0.05, 0.1) is 5.92 Å². The van der Waals surface area contributed by atoms with Crippen LogP contribution in [0.4, 0.5) is 10.1 Å². The van der Waals surface area contributed by atoms with Gasteiger partial charge >= 0.3 is 0 Å². The summed E-state index contributed by atoms with van der Waals surface area (Å²) in [6, 6.07) is 11.1. The van der Waals surface area contributed by atoms with Crippen molar-refractivity contribution in [2.45, 2.75) is 19.3 Å². The molecular formula is C17H14FNO2. The molecule has 1 aliphatic carbocycles. The number of anilines is 1. The summed E-state index contributed by atoms with van der Waals surface area (Å²) in [5, 5.41) is 2.74. The van der Waals surface area contributed by atoms with Gasteiger partial charge in [-0.15, -0.1) is 0 Å². The number of aryl methyl sites for hydroxylation is 1. The minimum atomic E-state index is -0.473. The van der Waals surface area contributed by atoms with E-state index in [1.807, 2.05) is 19.1 Å². The lowest BCUT2D eigenvalue weighted by Crippen LogP contribution is -2.20. The molecule has 0 heterocycles. The van der Waals surface area contributed by atoms with Crippen molar-refractivity contribution in [2.24, 2.45) is 0 Å². The lowest BCUT2D eigenvalue weighted by molar-refractivity contribution is -0.117. The van der Waals surface area contributed by atoms with Crippen molar-refractivity contribution in [1.29, 1.82) is 0 Å². The third-order valence-electron chi connectivity index (χ3n) is 3.79. The summed E-state index contributed by atoms with van der Waals surface area (Å²) in [6.07, 6.45) is 0.188. The predicted octanol–water partition coefficient (Wildman–Crippen LogP) is 3.44. The summed E-state index contributed by atoms with van der Waals surface area (Å²) in [4.78, 5) is 24.4. The Bertz CT molecular complexity index is 722. The fourth-order valence-electron chi connectivity index (χ4n) is 2.77. The first-order chi connectivity index (χ1) is 10.1. The van der Waals surface area contributed by atoms with Gasteiger partial charge in [-0.05, 0) is 42.3 Å². The van der Waals surface area contributed by atoms with Crippen LogP contribution in [-0.2, 0) is 4.79 Å². The van der Waals surface area contributed by atoms with Crippen molar-refractivity contribution in [3.8, 4) is 0 Å². The van der Waals surface area contributed by atoms with E-state index < -0.39 is 5.92 Å². The number of hydrogen-bond acceptors (Lipinski definition) is 2. The molecule has 3 rings (SSSR count). The van der Waals surface area contributed by atoms with Crippen molar-refractivity contribution in [1.82, 2.24) is 0 Å². The Morgan fingerprint density at radius 3 is 2.62 bits per heavy atom. The molecule has 1 amide bonds. The van der Waals surface area contributed by atoms with Crippen LogP contribution in [0.5, 0.6) is 0 Å².